The van der Waals surface area contributed by atoms with Gasteiger partial charge < -0.3 is 20.3 Å². The van der Waals surface area contributed by atoms with Crippen molar-refractivity contribution >= 4 is 11.9 Å². The molecule has 1 amide bonds. The Bertz CT molecular complexity index is 1150. The van der Waals surface area contributed by atoms with Crippen molar-refractivity contribution in [1.29, 1.82) is 0 Å². The number of aliphatic hydroxyl groups is 2. The highest BCUT2D eigenvalue weighted by Gasteiger charge is 2.18. The number of allylic oxidation sites excluding steroid dienone is 5. The fraction of sp³-hybridized carbons (Fsp3) is 0.877. The molecule has 418 valence electrons. The van der Waals surface area contributed by atoms with Gasteiger partial charge in [0.2, 0.25) is 5.91 Å². The average molecular weight is 999 g/mol. The summed E-state index contributed by atoms with van der Waals surface area (Å²) in [6.07, 6.45) is 76.2. The number of hydrogen-bond acceptors (Lipinski definition) is 5. The minimum Gasteiger partial charge on any atom is -0.466 e. The van der Waals surface area contributed by atoms with Crippen molar-refractivity contribution in [3.8, 4) is 0 Å². The van der Waals surface area contributed by atoms with Crippen molar-refractivity contribution in [3.05, 3.63) is 36.5 Å². The largest absolute Gasteiger partial charge is 0.466 e. The summed E-state index contributed by atoms with van der Waals surface area (Å²) in [5.41, 5.74) is 0. The van der Waals surface area contributed by atoms with Gasteiger partial charge in [-0.2, -0.15) is 0 Å². The van der Waals surface area contributed by atoms with Crippen LogP contribution in [0.5, 0.6) is 0 Å². The number of nitrogens with one attached hydrogen (secondary N) is 1. The SMILES string of the molecule is CCCCCC/C=C\C/C=C\CCCCCCCCCC(=O)OCCCCCCCCCCCCCCCCCCCCCCCCCC(=O)NC(CO)C(O)/C=C/CCCCCCCCCCCCC. The Balaban J connectivity index is 3.38. The number of unbranched alkanes of at least 4 members (excludes halogenated alkanes) is 44. The van der Waals surface area contributed by atoms with E-state index in [0.717, 1.165) is 51.4 Å². The van der Waals surface area contributed by atoms with Crippen molar-refractivity contribution in [2.24, 2.45) is 0 Å². The van der Waals surface area contributed by atoms with Crippen LogP contribution in [-0.2, 0) is 14.3 Å². The molecule has 0 aromatic heterocycles. The molecule has 0 fully saturated rings. The van der Waals surface area contributed by atoms with Crippen molar-refractivity contribution in [2.45, 2.75) is 353 Å². The maximum atomic E-state index is 12.5. The molecule has 0 saturated heterocycles. The minimum absolute atomic E-state index is 0.00661. The van der Waals surface area contributed by atoms with Crippen molar-refractivity contribution in [2.75, 3.05) is 13.2 Å². The van der Waals surface area contributed by atoms with E-state index in [9.17, 15) is 19.8 Å². The number of esters is 1. The van der Waals surface area contributed by atoms with Crippen LogP contribution < -0.4 is 5.32 Å². The fourth-order valence-electron chi connectivity index (χ4n) is 9.78. The molecule has 6 nitrogen and oxygen atoms in total. The van der Waals surface area contributed by atoms with Gasteiger partial charge in [0.05, 0.1) is 25.4 Å². The highest BCUT2D eigenvalue weighted by atomic mass is 16.5. The van der Waals surface area contributed by atoms with Gasteiger partial charge in [0, 0.05) is 12.8 Å². The summed E-state index contributed by atoms with van der Waals surface area (Å²) in [7, 11) is 0. The van der Waals surface area contributed by atoms with Gasteiger partial charge in [-0.15, -0.1) is 0 Å². The van der Waals surface area contributed by atoms with Crippen LogP contribution in [0.15, 0.2) is 36.5 Å². The van der Waals surface area contributed by atoms with E-state index in [0.29, 0.717) is 19.4 Å². The number of hydrogen-bond donors (Lipinski definition) is 3. The molecular weight excluding hydrogens is 875 g/mol. The van der Waals surface area contributed by atoms with Crippen LogP contribution >= 0.6 is 0 Å². The van der Waals surface area contributed by atoms with Crippen molar-refractivity contribution < 1.29 is 24.5 Å². The highest BCUT2D eigenvalue weighted by molar-refractivity contribution is 5.76. The first-order valence-corrected chi connectivity index (χ1v) is 31.8. The number of carbonyl (C=O) groups excluding carboxylic acids is 2. The van der Waals surface area contributed by atoms with Crippen LogP contribution in [0.1, 0.15) is 341 Å². The summed E-state index contributed by atoms with van der Waals surface area (Å²) in [6, 6.07) is -0.627. The van der Waals surface area contributed by atoms with Gasteiger partial charge in [0.25, 0.3) is 0 Å². The lowest BCUT2D eigenvalue weighted by molar-refractivity contribution is -0.143. The Morgan fingerprint density at radius 3 is 1.08 bits per heavy atom. The van der Waals surface area contributed by atoms with Gasteiger partial charge in [-0.3, -0.25) is 9.59 Å². The van der Waals surface area contributed by atoms with E-state index in [4.69, 9.17) is 4.74 Å². The van der Waals surface area contributed by atoms with Gasteiger partial charge in [-0.05, 0) is 64.2 Å². The second kappa shape index (κ2) is 60.6. The standard InChI is InChI=1S/C65H123NO5/c1-3-5-7-9-11-13-15-17-18-19-28-31-35-39-43-47-51-55-59-65(70)71-60-56-52-48-44-40-36-32-29-26-24-22-20-21-23-25-27-30-34-38-42-46-50-54-58-64(69)66-62(61-67)63(68)57-53-49-45-41-37-33-16-14-12-10-8-6-4-2/h13,15,18-19,53,57,62-63,67-68H,3-12,14,16-17,20-52,54-56,58-61H2,1-2H3,(H,66,69)/b15-13-,19-18-,57-53+. The lowest BCUT2D eigenvalue weighted by atomic mass is 10.0. The molecule has 0 rings (SSSR count). The molecule has 0 aromatic rings. The lowest BCUT2D eigenvalue weighted by Gasteiger charge is -2.20. The normalized spacial score (nSPS) is 12.8. The molecule has 2 unspecified atom stereocenters. The Labute approximate surface area is 443 Å². The first-order chi connectivity index (χ1) is 35.0. The van der Waals surface area contributed by atoms with E-state index in [1.807, 2.05) is 6.08 Å². The van der Waals surface area contributed by atoms with Crippen LogP contribution in [0.4, 0.5) is 0 Å². The molecule has 0 aliphatic carbocycles. The third-order valence-electron chi connectivity index (χ3n) is 14.7. The van der Waals surface area contributed by atoms with E-state index < -0.39 is 12.1 Å². The predicted molar refractivity (Wildman–Crippen MR) is 310 cm³/mol. The third-order valence-corrected chi connectivity index (χ3v) is 14.7. The Hall–Kier alpha value is -1.92. The summed E-state index contributed by atoms with van der Waals surface area (Å²) in [4.78, 5) is 24.5. The zero-order valence-corrected chi connectivity index (χ0v) is 47.7. The van der Waals surface area contributed by atoms with Gasteiger partial charge in [0.15, 0.2) is 0 Å². The number of rotatable bonds is 59. The monoisotopic (exact) mass is 998 g/mol. The van der Waals surface area contributed by atoms with Crippen LogP contribution in [0.2, 0.25) is 0 Å². The van der Waals surface area contributed by atoms with E-state index in [-0.39, 0.29) is 18.5 Å². The smallest absolute Gasteiger partial charge is 0.305 e. The number of amides is 1. The van der Waals surface area contributed by atoms with Gasteiger partial charge in [0.1, 0.15) is 0 Å². The molecule has 71 heavy (non-hydrogen) atoms. The molecule has 0 aliphatic rings. The fourth-order valence-corrected chi connectivity index (χ4v) is 9.78. The second-order valence-corrected chi connectivity index (χ2v) is 21.7. The second-order valence-electron chi connectivity index (χ2n) is 21.7. The molecule has 0 radical (unpaired) electrons. The number of aliphatic hydroxyl groups excluding tert-OH is 2. The summed E-state index contributed by atoms with van der Waals surface area (Å²) in [5, 5.41) is 23.1. The van der Waals surface area contributed by atoms with Crippen molar-refractivity contribution in [1.82, 2.24) is 5.32 Å². The Kier molecular flexibility index (Phi) is 59.0. The average Bonchev–Trinajstić information content (AvgIpc) is 3.37. The predicted octanol–water partition coefficient (Wildman–Crippen LogP) is 20.0. The first-order valence-electron chi connectivity index (χ1n) is 31.8. The highest BCUT2D eigenvalue weighted by Crippen LogP contribution is 2.18. The molecule has 0 saturated carbocycles. The van der Waals surface area contributed by atoms with Gasteiger partial charge >= 0.3 is 5.97 Å². The molecule has 0 aliphatic heterocycles. The summed E-state index contributed by atoms with van der Waals surface area (Å²) in [6.45, 7) is 4.89. The zero-order valence-electron chi connectivity index (χ0n) is 47.7. The summed E-state index contributed by atoms with van der Waals surface area (Å²) in [5.74, 6) is -0.0604. The van der Waals surface area contributed by atoms with E-state index in [2.05, 4.69) is 43.5 Å². The lowest BCUT2D eigenvalue weighted by Crippen LogP contribution is -2.45. The molecule has 0 spiro atoms. The van der Waals surface area contributed by atoms with Gasteiger partial charge in [-0.25, -0.2) is 0 Å². The molecule has 3 N–H and O–H groups in total. The van der Waals surface area contributed by atoms with Crippen LogP contribution in [0.25, 0.3) is 0 Å². The van der Waals surface area contributed by atoms with Crippen molar-refractivity contribution in [3.63, 3.8) is 0 Å². The van der Waals surface area contributed by atoms with Crippen LogP contribution in [0, 0.1) is 0 Å². The molecule has 6 heteroatoms. The van der Waals surface area contributed by atoms with Crippen LogP contribution in [0.3, 0.4) is 0 Å². The minimum atomic E-state index is -0.843. The number of carbonyl (C=O) groups is 2. The molecule has 0 aromatic carbocycles. The first kappa shape index (κ1) is 69.1. The molecule has 0 heterocycles. The topological polar surface area (TPSA) is 95.9 Å². The van der Waals surface area contributed by atoms with E-state index in [1.54, 1.807) is 6.08 Å². The molecule has 0 bridgehead atoms. The van der Waals surface area contributed by atoms with E-state index in [1.165, 1.54) is 263 Å². The third kappa shape index (κ3) is 57.2. The summed E-state index contributed by atoms with van der Waals surface area (Å²) >= 11 is 0. The molecular formula is C65H123NO5. The Morgan fingerprint density at radius 1 is 0.394 bits per heavy atom. The van der Waals surface area contributed by atoms with Gasteiger partial charge in [-0.1, -0.05) is 301 Å². The van der Waals surface area contributed by atoms with Crippen LogP contribution in [-0.4, -0.2) is 47.4 Å². The number of ether oxygens (including phenoxy) is 1. The Morgan fingerprint density at radius 2 is 0.704 bits per heavy atom. The maximum absolute atomic E-state index is 12.5. The summed E-state index contributed by atoms with van der Waals surface area (Å²) < 4.78 is 5.49. The maximum Gasteiger partial charge on any atom is 0.305 e. The van der Waals surface area contributed by atoms with E-state index >= 15 is 0 Å². The molecule has 2 atom stereocenters. The quantitative estimate of drug-likeness (QED) is 0.0321. The zero-order chi connectivity index (χ0) is 51.4.